The summed E-state index contributed by atoms with van der Waals surface area (Å²) >= 11 is 17.9. The standard InChI is InChI=1S/C17H21Cl3N2O/c1-3-22(4-2)10-7-11-23-15-12-16(17(18,19)20)21-14-9-6-5-8-13(14)15/h5-6,8-9,12H,3-4,7,10-11H2,1-2H3. The molecule has 1 aromatic carbocycles. The van der Waals surface area contributed by atoms with Gasteiger partial charge in [0.25, 0.3) is 0 Å². The van der Waals surface area contributed by atoms with Gasteiger partial charge in [-0.25, -0.2) is 4.98 Å². The van der Waals surface area contributed by atoms with E-state index in [1.807, 2.05) is 24.3 Å². The second-order valence-corrected chi connectivity index (χ2v) is 7.53. The first-order chi connectivity index (χ1) is 11.0. The van der Waals surface area contributed by atoms with E-state index >= 15 is 0 Å². The van der Waals surface area contributed by atoms with Crippen LogP contribution in [-0.2, 0) is 3.79 Å². The highest BCUT2D eigenvalue weighted by Gasteiger charge is 2.26. The van der Waals surface area contributed by atoms with Gasteiger partial charge in [-0.3, -0.25) is 0 Å². The van der Waals surface area contributed by atoms with E-state index in [9.17, 15) is 0 Å². The average Bonchev–Trinajstić information content (AvgIpc) is 2.53. The summed E-state index contributed by atoms with van der Waals surface area (Å²) in [5.41, 5.74) is 1.13. The zero-order valence-corrected chi connectivity index (χ0v) is 15.6. The first-order valence-electron chi connectivity index (χ1n) is 7.77. The van der Waals surface area contributed by atoms with Crippen molar-refractivity contribution in [3.05, 3.63) is 36.0 Å². The van der Waals surface area contributed by atoms with Crippen LogP contribution in [0.15, 0.2) is 30.3 Å². The van der Waals surface area contributed by atoms with Gasteiger partial charge in [0.1, 0.15) is 5.75 Å². The largest absolute Gasteiger partial charge is 0.493 e. The molecule has 0 saturated heterocycles. The Kier molecular flexibility index (Phi) is 6.78. The summed E-state index contributed by atoms with van der Waals surface area (Å²) in [6.07, 6.45) is 0.946. The van der Waals surface area contributed by atoms with Crippen LogP contribution in [0.25, 0.3) is 10.9 Å². The lowest BCUT2D eigenvalue weighted by atomic mass is 10.2. The number of rotatable bonds is 7. The van der Waals surface area contributed by atoms with Crippen molar-refractivity contribution in [2.75, 3.05) is 26.2 Å². The van der Waals surface area contributed by atoms with Crippen LogP contribution in [0.5, 0.6) is 5.75 Å². The van der Waals surface area contributed by atoms with Crippen molar-refractivity contribution in [2.45, 2.75) is 24.1 Å². The number of hydrogen-bond acceptors (Lipinski definition) is 3. The Hall–Kier alpha value is -0.740. The van der Waals surface area contributed by atoms with Crippen LogP contribution in [0.4, 0.5) is 0 Å². The molecule has 0 aliphatic rings. The summed E-state index contributed by atoms with van der Waals surface area (Å²) in [6.45, 7) is 8.04. The van der Waals surface area contributed by atoms with E-state index in [0.717, 1.165) is 37.0 Å². The molecule has 0 amide bonds. The monoisotopic (exact) mass is 374 g/mol. The minimum absolute atomic E-state index is 0.375. The Morgan fingerprint density at radius 1 is 1.13 bits per heavy atom. The molecule has 0 N–H and O–H groups in total. The molecule has 0 saturated carbocycles. The average molecular weight is 376 g/mol. The van der Waals surface area contributed by atoms with Gasteiger partial charge in [-0.05, 0) is 31.6 Å². The summed E-state index contributed by atoms with van der Waals surface area (Å²) < 4.78 is 4.39. The van der Waals surface area contributed by atoms with Gasteiger partial charge in [-0.1, -0.05) is 60.8 Å². The first kappa shape index (κ1) is 18.6. The van der Waals surface area contributed by atoms with Gasteiger partial charge in [-0.15, -0.1) is 0 Å². The highest BCUT2D eigenvalue weighted by molar-refractivity contribution is 6.66. The maximum absolute atomic E-state index is 5.98. The summed E-state index contributed by atoms with van der Waals surface area (Å²) in [5, 5.41) is 0.924. The predicted molar refractivity (Wildman–Crippen MR) is 98.9 cm³/mol. The minimum atomic E-state index is -1.57. The van der Waals surface area contributed by atoms with E-state index in [2.05, 4.69) is 23.7 Å². The van der Waals surface area contributed by atoms with Gasteiger partial charge < -0.3 is 9.64 Å². The van der Waals surface area contributed by atoms with Crippen LogP contribution in [0, 0.1) is 0 Å². The summed E-state index contributed by atoms with van der Waals surface area (Å²) in [4.78, 5) is 6.77. The quantitative estimate of drug-likeness (QED) is 0.493. The van der Waals surface area contributed by atoms with E-state index in [4.69, 9.17) is 39.5 Å². The van der Waals surface area contributed by atoms with Crippen molar-refractivity contribution in [1.82, 2.24) is 9.88 Å². The van der Waals surface area contributed by atoms with E-state index < -0.39 is 3.79 Å². The fraction of sp³-hybridized carbons (Fsp3) is 0.471. The lowest BCUT2D eigenvalue weighted by Gasteiger charge is -2.18. The maximum Gasteiger partial charge on any atom is 0.232 e. The Morgan fingerprint density at radius 2 is 1.83 bits per heavy atom. The molecule has 3 nitrogen and oxygen atoms in total. The molecule has 0 aliphatic heterocycles. The molecule has 0 radical (unpaired) electrons. The van der Waals surface area contributed by atoms with Crippen LogP contribution in [-0.4, -0.2) is 36.1 Å². The molecular formula is C17H21Cl3N2O. The number of ether oxygens (including phenoxy) is 1. The highest BCUT2D eigenvalue weighted by Crippen LogP contribution is 2.40. The van der Waals surface area contributed by atoms with Crippen molar-refractivity contribution in [3.8, 4) is 5.75 Å². The fourth-order valence-electron chi connectivity index (χ4n) is 2.42. The number of hydrogen-bond donors (Lipinski definition) is 0. The van der Waals surface area contributed by atoms with Crippen molar-refractivity contribution >= 4 is 45.7 Å². The fourth-order valence-corrected chi connectivity index (χ4v) is 2.71. The SMILES string of the molecule is CCN(CC)CCCOc1cc(C(Cl)(Cl)Cl)nc2ccccc12. The molecule has 0 atom stereocenters. The van der Waals surface area contributed by atoms with E-state index in [1.54, 1.807) is 6.07 Å². The summed E-state index contributed by atoms with van der Waals surface area (Å²) in [6, 6.07) is 9.42. The number of para-hydroxylation sites is 1. The third kappa shape index (κ3) is 5.12. The topological polar surface area (TPSA) is 25.4 Å². The number of alkyl halides is 3. The third-order valence-corrected chi connectivity index (χ3v) is 4.32. The predicted octanol–water partition coefficient (Wildman–Crippen LogP) is 5.17. The molecule has 126 valence electrons. The molecule has 0 aliphatic carbocycles. The van der Waals surface area contributed by atoms with Crippen LogP contribution >= 0.6 is 34.8 Å². The molecule has 1 heterocycles. The lowest BCUT2D eigenvalue weighted by molar-refractivity contribution is 0.250. The molecule has 0 fully saturated rings. The second kappa shape index (κ2) is 8.39. The van der Waals surface area contributed by atoms with Crippen LogP contribution < -0.4 is 4.74 Å². The Balaban J connectivity index is 2.15. The summed E-state index contributed by atoms with van der Waals surface area (Å²) in [5.74, 6) is 0.705. The van der Waals surface area contributed by atoms with E-state index in [0.29, 0.717) is 18.1 Å². The van der Waals surface area contributed by atoms with Crippen molar-refractivity contribution < 1.29 is 4.74 Å². The van der Waals surface area contributed by atoms with Crippen LogP contribution in [0.1, 0.15) is 26.0 Å². The van der Waals surface area contributed by atoms with E-state index in [-0.39, 0.29) is 0 Å². The Morgan fingerprint density at radius 3 is 2.48 bits per heavy atom. The van der Waals surface area contributed by atoms with Gasteiger partial charge in [0.05, 0.1) is 17.8 Å². The molecule has 1 aromatic heterocycles. The lowest BCUT2D eigenvalue weighted by Crippen LogP contribution is -2.25. The second-order valence-electron chi connectivity index (χ2n) is 5.25. The first-order valence-corrected chi connectivity index (χ1v) is 8.91. The maximum atomic E-state index is 5.98. The zero-order valence-electron chi connectivity index (χ0n) is 13.4. The number of aromatic nitrogens is 1. The molecule has 0 bridgehead atoms. The number of benzene rings is 1. The molecular weight excluding hydrogens is 355 g/mol. The van der Waals surface area contributed by atoms with Crippen molar-refractivity contribution in [2.24, 2.45) is 0 Å². The summed E-state index contributed by atoms with van der Waals surface area (Å²) in [7, 11) is 0. The molecule has 0 spiro atoms. The molecule has 2 rings (SSSR count). The van der Waals surface area contributed by atoms with Gasteiger partial charge in [0.2, 0.25) is 3.79 Å². The van der Waals surface area contributed by atoms with Gasteiger partial charge >= 0.3 is 0 Å². The van der Waals surface area contributed by atoms with Gasteiger partial charge in [0, 0.05) is 18.0 Å². The number of pyridine rings is 1. The van der Waals surface area contributed by atoms with Crippen LogP contribution in [0.2, 0.25) is 0 Å². The number of fused-ring (bicyclic) bond motifs is 1. The van der Waals surface area contributed by atoms with Gasteiger partial charge in [-0.2, -0.15) is 0 Å². The Labute approximate surface area is 152 Å². The zero-order chi connectivity index (χ0) is 16.9. The number of halogens is 3. The van der Waals surface area contributed by atoms with E-state index in [1.165, 1.54) is 0 Å². The number of nitrogens with zero attached hydrogens (tertiary/aromatic N) is 2. The van der Waals surface area contributed by atoms with Crippen LogP contribution in [0.3, 0.4) is 0 Å². The molecule has 6 heteroatoms. The van der Waals surface area contributed by atoms with Crippen molar-refractivity contribution in [1.29, 1.82) is 0 Å². The normalized spacial score (nSPS) is 12.1. The molecule has 23 heavy (non-hydrogen) atoms. The van der Waals surface area contributed by atoms with Crippen molar-refractivity contribution in [3.63, 3.8) is 0 Å². The third-order valence-electron chi connectivity index (χ3n) is 3.74. The Bertz CT molecular complexity index is 639. The smallest absolute Gasteiger partial charge is 0.232 e. The molecule has 0 unspecified atom stereocenters. The van der Waals surface area contributed by atoms with Gasteiger partial charge in [0.15, 0.2) is 0 Å². The molecule has 2 aromatic rings. The highest BCUT2D eigenvalue weighted by atomic mass is 35.6. The minimum Gasteiger partial charge on any atom is -0.493 e.